The molecule has 1 aromatic rings. The molecule has 0 aliphatic carbocycles. The molecule has 8 heteroatoms. The van der Waals surface area contributed by atoms with E-state index >= 15 is 0 Å². The van der Waals surface area contributed by atoms with Crippen LogP contribution in [0.5, 0.6) is 0 Å². The first-order valence-corrected chi connectivity index (χ1v) is 6.62. The van der Waals surface area contributed by atoms with Crippen molar-refractivity contribution >= 4 is 23.7 Å². The van der Waals surface area contributed by atoms with Crippen LogP contribution in [0, 0.1) is 0 Å². The van der Waals surface area contributed by atoms with Crippen LogP contribution in [0.4, 0.5) is 4.79 Å². The van der Waals surface area contributed by atoms with Gasteiger partial charge >= 0.3 is 6.03 Å². The Morgan fingerprint density at radius 2 is 2.22 bits per heavy atom. The number of hydrogen-bond donors (Lipinski definition) is 2. The van der Waals surface area contributed by atoms with Gasteiger partial charge in [-0.2, -0.15) is 0 Å². The van der Waals surface area contributed by atoms with Gasteiger partial charge in [-0.05, 0) is 20.8 Å². The maximum Gasteiger partial charge on any atom is 0.321 e. The number of hydrogen-bond acceptors (Lipinski definition) is 5. The van der Waals surface area contributed by atoms with Crippen LogP contribution in [-0.2, 0) is 11.3 Å². The summed E-state index contributed by atoms with van der Waals surface area (Å²) in [6.45, 7) is 6.35. The summed E-state index contributed by atoms with van der Waals surface area (Å²) in [6.07, 6.45) is 1.60. The van der Waals surface area contributed by atoms with E-state index in [2.05, 4.69) is 20.8 Å². The number of carbonyl (C=O) groups excluding carboxylic acids is 2. The molecule has 0 aliphatic rings. The second-order valence-corrected chi connectivity index (χ2v) is 4.81. The van der Waals surface area contributed by atoms with Crippen molar-refractivity contribution in [2.75, 3.05) is 5.75 Å². The Labute approximate surface area is 110 Å². The molecule has 0 atom stereocenters. The monoisotopic (exact) mass is 271 g/mol. The molecule has 0 aliphatic heterocycles. The fourth-order valence-electron chi connectivity index (χ4n) is 1.16. The van der Waals surface area contributed by atoms with E-state index in [1.54, 1.807) is 6.33 Å². The molecule has 1 rings (SSSR count). The molecular weight excluding hydrogens is 254 g/mol. The van der Waals surface area contributed by atoms with Gasteiger partial charge < -0.3 is 9.88 Å². The number of imide groups is 1. The van der Waals surface area contributed by atoms with Gasteiger partial charge in [-0.1, -0.05) is 11.8 Å². The Morgan fingerprint density at radius 1 is 1.50 bits per heavy atom. The van der Waals surface area contributed by atoms with E-state index in [0.717, 1.165) is 6.54 Å². The smallest absolute Gasteiger partial charge is 0.321 e. The quantitative estimate of drug-likeness (QED) is 0.767. The van der Waals surface area contributed by atoms with Crippen molar-refractivity contribution in [3.05, 3.63) is 6.33 Å². The lowest BCUT2D eigenvalue weighted by molar-refractivity contribution is -0.117. The number of urea groups is 1. The predicted molar refractivity (Wildman–Crippen MR) is 68.2 cm³/mol. The van der Waals surface area contributed by atoms with Gasteiger partial charge in [0, 0.05) is 12.6 Å². The molecule has 1 heterocycles. The number of carbonyl (C=O) groups is 2. The highest BCUT2D eigenvalue weighted by Crippen LogP contribution is 2.13. The van der Waals surface area contributed by atoms with Crippen LogP contribution in [0.2, 0.25) is 0 Å². The normalized spacial score (nSPS) is 10.4. The number of thioether (sulfide) groups is 1. The molecule has 0 radical (unpaired) electrons. The average Bonchev–Trinajstić information content (AvgIpc) is 2.72. The number of nitrogens with zero attached hydrogens (tertiary/aromatic N) is 3. The Kier molecular flexibility index (Phi) is 5.63. The molecule has 2 N–H and O–H groups in total. The van der Waals surface area contributed by atoms with Gasteiger partial charge in [0.25, 0.3) is 0 Å². The van der Waals surface area contributed by atoms with Gasteiger partial charge in [0.05, 0.1) is 5.75 Å². The third-order valence-corrected chi connectivity index (χ3v) is 2.91. The molecule has 0 bridgehead atoms. The summed E-state index contributed by atoms with van der Waals surface area (Å²) in [5.41, 5.74) is 0. The van der Waals surface area contributed by atoms with Crippen LogP contribution in [0.1, 0.15) is 20.8 Å². The van der Waals surface area contributed by atoms with E-state index < -0.39 is 6.03 Å². The third-order valence-electron chi connectivity index (χ3n) is 1.93. The van der Waals surface area contributed by atoms with Crippen LogP contribution in [-0.4, -0.2) is 38.5 Å². The predicted octanol–water partition coefficient (Wildman–Crippen LogP) is 0.624. The zero-order chi connectivity index (χ0) is 13.5. The third kappa shape index (κ3) is 4.74. The molecule has 1 aromatic heterocycles. The summed E-state index contributed by atoms with van der Waals surface area (Å²) >= 11 is 1.24. The number of aromatic nitrogens is 3. The zero-order valence-electron chi connectivity index (χ0n) is 10.6. The van der Waals surface area contributed by atoms with E-state index in [4.69, 9.17) is 0 Å². The van der Waals surface area contributed by atoms with Crippen LogP contribution in [0.3, 0.4) is 0 Å². The van der Waals surface area contributed by atoms with E-state index in [0.29, 0.717) is 5.16 Å². The van der Waals surface area contributed by atoms with Gasteiger partial charge in [-0.25, -0.2) is 4.79 Å². The van der Waals surface area contributed by atoms with Crippen LogP contribution in [0.25, 0.3) is 0 Å². The molecule has 7 nitrogen and oxygen atoms in total. The first-order valence-electron chi connectivity index (χ1n) is 5.63. The first-order chi connectivity index (χ1) is 8.52. The van der Waals surface area contributed by atoms with Crippen molar-refractivity contribution in [2.45, 2.75) is 38.5 Å². The number of nitrogens with one attached hydrogen (secondary N) is 2. The van der Waals surface area contributed by atoms with Crippen molar-refractivity contribution in [1.29, 1.82) is 0 Å². The van der Waals surface area contributed by atoms with Crippen molar-refractivity contribution < 1.29 is 9.59 Å². The molecule has 0 saturated heterocycles. The fraction of sp³-hybridized carbons (Fsp3) is 0.600. The number of rotatable bonds is 5. The minimum Gasteiger partial charge on any atom is -0.336 e. The molecule has 0 spiro atoms. The highest BCUT2D eigenvalue weighted by atomic mass is 32.2. The number of aryl methyl sites for hydroxylation is 1. The maximum atomic E-state index is 11.5. The highest BCUT2D eigenvalue weighted by Gasteiger charge is 2.11. The lowest BCUT2D eigenvalue weighted by atomic mass is 10.4. The zero-order valence-corrected chi connectivity index (χ0v) is 11.5. The molecule has 3 amide bonds. The van der Waals surface area contributed by atoms with E-state index in [9.17, 15) is 9.59 Å². The first kappa shape index (κ1) is 14.5. The molecule has 0 unspecified atom stereocenters. The summed E-state index contributed by atoms with van der Waals surface area (Å²) in [5.74, 6) is -0.228. The maximum absolute atomic E-state index is 11.5. The summed E-state index contributed by atoms with van der Waals surface area (Å²) in [7, 11) is 0. The molecule has 100 valence electrons. The van der Waals surface area contributed by atoms with Crippen molar-refractivity contribution in [1.82, 2.24) is 25.4 Å². The lowest BCUT2D eigenvalue weighted by Crippen LogP contribution is -2.43. The topological polar surface area (TPSA) is 88.9 Å². The second-order valence-electron chi connectivity index (χ2n) is 3.86. The Morgan fingerprint density at radius 3 is 2.83 bits per heavy atom. The molecule has 0 aromatic carbocycles. The van der Waals surface area contributed by atoms with Crippen molar-refractivity contribution in [3.8, 4) is 0 Å². The average molecular weight is 271 g/mol. The van der Waals surface area contributed by atoms with Crippen LogP contribution >= 0.6 is 11.8 Å². The van der Waals surface area contributed by atoms with Crippen LogP contribution < -0.4 is 10.6 Å². The van der Waals surface area contributed by atoms with Gasteiger partial charge in [0.1, 0.15) is 6.33 Å². The van der Waals surface area contributed by atoms with Crippen LogP contribution in [0.15, 0.2) is 11.5 Å². The minimum atomic E-state index is -0.479. The number of amides is 3. The van der Waals surface area contributed by atoms with Crippen molar-refractivity contribution in [2.24, 2.45) is 0 Å². The van der Waals surface area contributed by atoms with E-state index in [1.807, 2.05) is 25.3 Å². The summed E-state index contributed by atoms with van der Waals surface area (Å²) < 4.78 is 1.83. The SMILES string of the molecule is CCn1cnnc1SCC(=O)NC(=O)NC(C)C. The Balaban J connectivity index is 2.35. The molecule has 0 fully saturated rings. The largest absolute Gasteiger partial charge is 0.336 e. The minimum absolute atomic E-state index is 0.00589. The molecular formula is C10H17N5O2S. The summed E-state index contributed by atoms with van der Waals surface area (Å²) in [4.78, 5) is 22.7. The van der Waals surface area contributed by atoms with E-state index in [-0.39, 0.29) is 17.7 Å². The fourth-order valence-corrected chi connectivity index (χ4v) is 1.94. The molecule has 0 saturated carbocycles. The van der Waals surface area contributed by atoms with Gasteiger partial charge in [-0.3, -0.25) is 10.1 Å². The summed E-state index contributed by atoms with van der Waals surface area (Å²) in [6, 6.07) is -0.485. The Hall–Kier alpha value is -1.57. The van der Waals surface area contributed by atoms with E-state index in [1.165, 1.54) is 11.8 Å². The van der Waals surface area contributed by atoms with Gasteiger partial charge in [0.2, 0.25) is 5.91 Å². The lowest BCUT2D eigenvalue weighted by Gasteiger charge is -2.08. The second kappa shape index (κ2) is 7.00. The molecule has 18 heavy (non-hydrogen) atoms. The highest BCUT2D eigenvalue weighted by molar-refractivity contribution is 7.99. The Bertz CT molecular complexity index is 418. The van der Waals surface area contributed by atoms with Crippen molar-refractivity contribution in [3.63, 3.8) is 0 Å². The van der Waals surface area contributed by atoms with Gasteiger partial charge in [-0.15, -0.1) is 10.2 Å². The standard InChI is InChI=1S/C10H17N5O2S/c1-4-15-6-11-14-10(15)18-5-8(16)13-9(17)12-7(2)3/h6-7H,4-5H2,1-3H3,(H2,12,13,16,17). The van der Waals surface area contributed by atoms with Gasteiger partial charge in [0.15, 0.2) is 5.16 Å². The summed E-state index contributed by atoms with van der Waals surface area (Å²) in [5, 5.41) is 13.1.